The molecule has 2 aromatic carbocycles. The van der Waals surface area contributed by atoms with Gasteiger partial charge in [0.25, 0.3) is 5.91 Å². The van der Waals surface area contributed by atoms with Crippen molar-refractivity contribution in [3.05, 3.63) is 83.4 Å². The summed E-state index contributed by atoms with van der Waals surface area (Å²) in [7, 11) is -3.90. The zero-order valence-electron chi connectivity index (χ0n) is 24.6. The normalized spacial score (nSPS) is 21.2. The topological polar surface area (TPSA) is 95.9 Å². The Labute approximate surface area is 255 Å². The molecule has 228 valence electrons. The monoisotopic (exact) mass is 614 g/mol. The summed E-state index contributed by atoms with van der Waals surface area (Å²) < 4.78 is 34.7. The molecule has 0 saturated heterocycles. The number of aryl methyl sites for hydroxylation is 1. The predicted molar refractivity (Wildman–Crippen MR) is 170 cm³/mol. The van der Waals surface area contributed by atoms with Crippen molar-refractivity contribution < 1.29 is 23.1 Å². The van der Waals surface area contributed by atoms with Crippen molar-refractivity contribution in [2.75, 3.05) is 18.0 Å². The average molecular weight is 615 g/mol. The van der Waals surface area contributed by atoms with Crippen LogP contribution < -0.4 is 14.4 Å². The van der Waals surface area contributed by atoms with Crippen LogP contribution in [0.25, 0.3) is 0 Å². The summed E-state index contributed by atoms with van der Waals surface area (Å²) in [5, 5.41) is 10.4. The molecule has 1 heterocycles. The zero-order valence-corrected chi connectivity index (χ0v) is 26.2. The summed E-state index contributed by atoms with van der Waals surface area (Å²) in [6.45, 7) is 12.6. The number of halogens is 1. The minimum Gasteiger partial charge on any atom is -0.487 e. The van der Waals surface area contributed by atoms with Gasteiger partial charge in [0.15, 0.2) is 0 Å². The lowest BCUT2D eigenvalue weighted by Crippen LogP contribution is -2.43. The van der Waals surface area contributed by atoms with E-state index in [4.69, 9.17) is 16.3 Å². The number of carbonyl (C=O) groups is 1. The highest BCUT2D eigenvalue weighted by molar-refractivity contribution is 7.90. The molecule has 42 heavy (non-hydrogen) atoms. The number of allylic oxidation sites excluding steroid dienone is 1. The fourth-order valence-electron chi connectivity index (χ4n) is 5.85. The van der Waals surface area contributed by atoms with Gasteiger partial charge in [0.05, 0.1) is 17.0 Å². The molecular weight excluding hydrogens is 572 g/mol. The molecule has 0 aromatic heterocycles. The standard InChI is InChI=1S/C33H43ClN2O5S/c1-5-9-22(3)23(4)42(39,40)35-33(38)25-13-16-32-30(19-25)36(20-26-12-15-29(26)31(37)6-2)17-8-7-10-24-18-28(34)14-11-27(24)21-41-32/h5-6,11,13-14,16,18-19,22-23,26,29,31,37H,1-2,7-10,12,15,17,20-21H2,3-4H3,(H,35,38)/t22?,23?,26?,29?,31-/m0/s1. The van der Waals surface area contributed by atoms with E-state index in [9.17, 15) is 18.3 Å². The van der Waals surface area contributed by atoms with E-state index in [-0.39, 0.29) is 23.3 Å². The number of fused-ring (bicyclic) bond motifs is 2. The van der Waals surface area contributed by atoms with Crippen molar-refractivity contribution in [1.29, 1.82) is 0 Å². The Bertz CT molecular complexity index is 1390. The first kappa shape index (κ1) is 32.1. The van der Waals surface area contributed by atoms with Gasteiger partial charge in [0.1, 0.15) is 12.4 Å². The number of aliphatic hydroxyl groups is 1. The van der Waals surface area contributed by atoms with Gasteiger partial charge >= 0.3 is 0 Å². The van der Waals surface area contributed by atoms with Crippen LogP contribution in [-0.2, 0) is 23.1 Å². The number of aliphatic hydroxyl groups excluding tert-OH is 1. The number of nitrogens with zero attached hydrogens (tertiary/aromatic N) is 1. The first-order valence-corrected chi connectivity index (χ1v) is 16.7. The molecule has 0 bridgehead atoms. The smallest absolute Gasteiger partial charge is 0.264 e. The van der Waals surface area contributed by atoms with Gasteiger partial charge in [-0.2, -0.15) is 0 Å². The van der Waals surface area contributed by atoms with Crippen molar-refractivity contribution in [1.82, 2.24) is 4.72 Å². The number of carbonyl (C=O) groups excluding carboxylic acids is 1. The Kier molecular flexibility index (Phi) is 10.8. The maximum absolute atomic E-state index is 13.3. The van der Waals surface area contributed by atoms with Crippen molar-refractivity contribution >= 4 is 33.2 Å². The molecule has 0 spiro atoms. The van der Waals surface area contributed by atoms with Crippen molar-refractivity contribution in [2.45, 2.75) is 70.3 Å². The number of sulfonamides is 1. The SMILES string of the molecule is C=CCC(C)C(C)S(=O)(=O)NC(=O)c1ccc2c(c1)N(CC1CCC1[C@@H](O)C=C)CCCCc1cc(Cl)ccc1CO2. The van der Waals surface area contributed by atoms with Crippen LogP contribution in [-0.4, -0.2) is 43.9 Å². The molecule has 1 saturated carbocycles. The molecule has 4 unspecified atom stereocenters. The molecule has 2 aromatic rings. The lowest BCUT2D eigenvalue weighted by molar-refractivity contribution is 0.0465. The van der Waals surface area contributed by atoms with E-state index in [1.807, 2.05) is 25.1 Å². The highest BCUT2D eigenvalue weighted by Crippen LogP contribution is 2.40. The van der Waals surface area contributed by atoms with E-state index >= 15 is 0 Å². The Morgan fingerprint density at radius 1 is 1.17 bits per heavy atom. The fraction of sp³-hybridized carbons (Fsp3) is 0.485. The van der Waals surface area contributed by atoms with Crippen LogP contribution >= 0.6 is 11.6 Å². The summed E-state index contributed by atoms with van der Waals surface area (Å²) >= 11 is 6.29. The maximum atomic E-state index is 13.3. The molecule has 5 atom stereocenters. The van der Waals surface area contributed by atoms with Gasteiger partial charge in [-0.3, -0.25) is 4.79 Å². The molecule has 1 aliphatic heterocycles. The lowest BCUT2D eigenvalue weighted by atomic mass is 9.70. The predicted octanol–water partition coefficient (Wildman–Crippen LogP) is 6.30. The van der Waals surface area contributed by atoms with Crippen molar-refractivity contribution in [3.8, 4) is 5.75 Å². The number of benzene rings is 2. The van der Waals surface area contributed by atoms with E-state index < -0.39 is 27.3 Å². The number of anilines is 1. The number of rotatable bonds is 10. The van der Waals surface area contributed by atoms with Crippen LogP contribution in [0.3, 0.4) is 0 Å². The fourth-order valence-corrected chi connectivity index (χ4v) is 7.33. The summed E-state index contributed by atoms with van der Waals surface area (Å²) in [6.07, 6.45) is 7.90. The third kappa shape index (κ3) is 7.57. The van der Waals surface area contributed by atoms with Gasteiger partial charge in [-0.25, -0.2) is 13.1 Å². The highest BCUT2D eigenvalue weighted by Gasteiger charge is 2.36. The summed E-state index contributed by atoms with van der Waals surface area (Å²) in [5.41, 5.74) is 3.20. The first-order chi connectivity index (χ1) is 20.0. The molecule has 1 amide bonds. The van der Waals surface area contributed by atoms with Crippen LogP contribution in [0.2, 0.25) is 5.02 Å². The minimum atomic E-state index is -3.90. The molecule has 1 fully saturated rings. The van der Waals surface area contributed by atoms with Crippen LogP contribution in [0.5, 0.6) is 5.75 Å². The van der Waals surface area contributed by atoms with E-state index in [1.54, 1.807) is 37.3 Å². The minimum absolute atomic E-state index is 0.132. The van der Waals surface area contributed by atoms with Crippen LogP contribution in [0.15, 0.2) is 61.7 Å². The van der Waals surface area contributed by atoms with Gasteiger partial charge in [-0.05, 0) is 105 Å². The quantitative estimate of drug-likeness (QED) is 0.305. The Morgan fingerprint density at radius 2 is 1.95 bits per heavy atom. The third-order valence-corrected chi connectivity index (χ3v) is 11.1. The molecule has 1 aliphatic carbocycles. The van der Waals surface area contributed by atoms with Gasteiger partial charge in [-0.1, -0.05) is 36.7 Å². The molecule has 2 N–H and O–H groups in total. The van der Waals surface area contributed by atoms with Gasteiger partial charge in [0, 0.05) is 23.7 Å². The number of hydrogen-bond donors (Lipinski definition) is 2. The van der Waals surface area contributed by atoms with E-state index in [0.717, 1.165) is 55.5 Å². The molecule has 9 heteroatoms. The highest BCUT2D eigenvalue weighted by atomic mass is 35.5. The van der Waals surface area contributed by atoms with Crippen molar-refractivity contribution in [2.24, 2.45) is 17.8 Å². The summed E-state index contributed by atoms with van der Waals surface area (Å²) in [5.74, 6) is 0.144. The number of ether oxygens (including phenoxy) is 1. The maximum Gasteiger partial charge on any atom is 0.264 e. The van der Waals surface area contributed by atoms with E-state index in [2.05, 4.69) is 22.8 Å². The van der Waals surface area contributed by atoms with Crippen LogP contribution in [0.1, 0.15) is 67.4 Å². The molecule has 7 nitrogen and oxygen atoms in total. The number of nitrogens with one attached hydrogen (secondary N) is 1. The van der Waals surface area contributed by atoms with Gasteiger partial charge in [-0.15, -0.1) is 13.2 Å². The van der Waals surface area contributed by atoms with Gasteiger partial charge < -0.3 is 14.7 Å². The van der Waals surface area contributed by atoms with E-state index in [0.29, 0.717) is 30.3 Å². The first-order valence-electron chi connectivity index (χ1n) is 14.8. The summed E-state index contributed by atoms with van der Waals surface area (Å²) in [4.78, 5) is 15.5. The van der Waals surface area contributed by atoms with E-state index in [1.165, 1.54) is 0 Å². The van der Waals surface area contributed by atoms with Crippen LogP contribution in [0, 0.1) is 17.8 Å². The Morgan fingerprint density at radius 3 is 2.64 bits per heavy atom. The molecule has 4 rings (SSSR count). The Hall–Kier alpha value is -2.81. The summed E-state index contributed by atoms with van der Waals surface area (Å²) in [6, 6.07) is 10.9. The van der Waals surface area contributed by atoms with Crippen molar-refractivity contribution in [3.63, 3.8) is 0 Å². The zero-order chi connectivity index (χ0) is 30.4. The Balaban J connectivity index is 1.66. The second kappa shape index (κ2) is 14.1. The largest absolute Gasteiger partial charge is 0.487 e. The molecule has 2 aliphatic rings. The molecular formula is C33H43ClN2O5S. The van der Waals surface area contributed by atoms with Gasteiger partial charge in [0.2, 0.25) is 10.0 Å². The third-order valence-electron chi connectivity index (χ3n) is 8.91. The number of hydrogen-bond acceptors (Lipinski definition) is 6. The van der Waals surface area contributed by atoms with Crippen LogP contribution in [0.4, 0.5) is 5.69 Å². The second-order valence-electron chi connectivity index (χ2n) is 11.7. The second-order valence-corrected chi connectivity index (χ2v) is 14.2. The molecule has 0 radical (unpaired) electrons. The number of amides is 1. The average Bonchev–Trinajstić information content (AvgIpc) is 2.97. The lowest BCUT2D eigenvalue weighted by Gasteiger charge is -2.42.